The molecular weight excluding hydrogens is 316 g/mol. The van der Waals surface area contributed by atoms with Crippen LogP contribution in [0.25, 0.3) is 5.69 Å². The largest absolute Gasteiger partial charge is 0.393 e. The molecule has 0 radical (unpaired) electrons. The van der Waals surface area contributed by atoms with E-state index in [4.69, 9.17) is 0 Å². The number of aliphatic hydroxyl groups is 1. The zero-order chi connectivity index (χ0) is 17.1. The first-order valence-corrected chi connectivity index (χ1v) is 7.99. The van der Waals surface area contributed by atoms with Crippen LogP contribution >= 0.6 is 0 Å². The van der Waals surface area contributed by atoms with Gasteiger partial charge in [0.25, 0.3) is 5.91 Å². The molecular formula is C17H19F2N3O2. The zero-order valence-corrected chi connectivity index (χ0v) is 13.1. The van der Waals surface area contributed by atoms with E-state index in [1.54, 1.807) is 0 Å². The summed E-state index contributed by atoms with van der Waals surface area (Å²) in [5.74, 6) is -1.46. The molecule has 1 saturated carbocycles. The maximum Gasteiger partial charge on any atom is 0.254 e. The van der Waals surface area contributed by atoms with E-state index >= 15 is 0 Å². The highest BCUT2D eigenvalue weighted by molar-refractivity contribution is 5.93. The third kappa shape index (κ3) is 3.79. The lowest BCUT2D eigenvalue weighted by Crippen LogP contribution is -2.32. The van der Waals surface area contributed by atoms with Crippen molar-refractivity contribution in [3.05, 3.63) is 47.8 Å². The van der Waals surface area contributed by atoms with Gasteiger partial charge < -0.3 is 10.4 Å². The molecule has 1 aromatic heterocycles. The maximum atomic E-state index is 13.7. The summed E-state index contributed by atoms with van der Waals surface area (Å²) in [5, 5.41) is 16.4. The molecule has 0 spiro atoms. The average molecular weight is 335 g/mol. The molecule has 2 N–H and O–H groups in total. The molecule has 2 unspecified atom stereocenters. The summed E-state index contributed by atoms with van der Waals surface area (Å²) in [6, 6.07) is 3.17. The molecule has 3 rings (SSSR count). The van der Waals surface area contributed by atoms with E-state index in [9.17, 15) is 18.7 Å². The van der Waals surface area contributed by atoms with E-state index in [0.717, 1.165) is 31.4 Å². The van der Waals surface area contributed by atoms with Gasteiger partial charge in [-0.15, -0.1) is 0 Å². The predicted octanol–water partition coefficient (Wildman–Crippen LogP) is 2.43. The van der Waals surface area contributed by atoms with Crippen molar-refractivity contribution in [1.29, 1.82) is 0 Å². The highest BCUT2D eigenvalue weighted by Crippen LogP contribution is 2.23. The molecule has 0 bridgehead atoms. The monoisotopic (exact) mass is 335 g/mol. The number of carbonyl (C=O) groups excluding carboxylic acids is 1. The Hall–Kier alpha value is -2.28. The molecule has 7 heteroatoms. The van der Waals surface area contributed by atoms with Gasteiger partial charge in [-0.1, -0.05) is 6.42 Å². The number of benzene rings is 1. The van der Waals surface area contributed by atoms with Crippen molar-refractivity contribution in [1.82, 2.24) is 15.1 Å². The molecule has 1 fully saturated rings. The first-order valence-electron chi connectivity index (χ1n) is 7.99. The number of hydrogen-bond acceptors (Lipinski definition) is 3. The van der Waals surface area contributed by atoms with E-state index in [0.29, 0.717) is 18.5 Å². The Morgan fingerprint density at radius 1 is 1.38 bits per heavy atom. The van der Waals surface area contributed by atoms with Crippen molar-refractivity contribution < 1.29 is 18.7 Å². The fourth-order valence-electron chi connectivity index (χ4n) is 3.03. The van der Waals surface area contributed by atoms with Crippen LogP contribution in [0.5, 0.6) is 0 Å². The Balaban J connectivity index is 1.63. The third-order valence-corrected chi connectivity index (χ3v) is 4.31. The van der Waals surface area contributed by atoms with Crippen molar-refractivity contribution >= 4 is 5.91 Å². The Bertz CT molecular complexity index is 732. The first kappa shape index (κ1) is 16.6. The number of aromatic nitrogens is 2. The zero-order valence-electron chi connectivity index (χ0n) is 13.1. The minimum absolute atomic E-state index is 0.0749. The smallest absolute Gasteiger partial charge is 0.254 e. The van der Waals surface area contributed by atoms with Crippen molar-refractivity contribution in [2.24, 2.45) is 5.92 Å². The van der Waals surface area contributed by atoms with Crippen molar-refractivity contribution in [2.75, 3.05) is 6.54 Å². The number of aliphatic hydroxyl groups excluding tert-OH is 1. The van der Waals surface area contributed by atoms with Crippen molar-refractivity contribution in [2.45, 2.75) is 31.8 Å². The number of rotatable bonds is 4. The van der Waals surface area contributed by atoms with E-state index in [1.165, 1.54) is 23.1 Å². The van der Waals surface area contributed by atoms with Crippen LogP contribution in [0.4, 0.5) is 8.78 Å². The Morgan fingerprint density at radius 2 is 2.21 bits per heavy atom. The summed E-state index contributed by atoms with van der Waals surface area (Å²) in [7, 11) is 0. The van der Waals surface area contributed by atoms with Gasteiger partial charge in [0.1, 0.15) is 11.5 Å². The summed E-state index contributed by atoms with van der Waals surface area (Å²) < 4.78 is 27.9. The van der Waals surface area contributed by atoms with Gasteiger partial charge in [-0.05, 0) is 37.3 Å². The van der Waals surface area contributed by atoms with Gasteiger partial charge in [-0.3, -0.25) is 4.79 Å². The van der Waals surface area contributed by atoms with Crippen LogP contribution in [0.15, 0.2) is 30.6 Å². The first-order chi connectivity index (χ1) is 11.5. The lowest BCUT2D eigenvalue weighted by atomic mass is 9.87. The fourth-order valence-corrected chi connectivity index (χ4v) is 3.03. The average Bonchev–Trinajstić information content (AvgIpc) is 3.02. The highest BCUT2D eigenvalue weighted by atomic mass is 19.1. The van der Waals surface area contributed by atoms with Crippen LogP contribution < -0.4 is 5.32 Å². The standard InChI is InChI=1S/C17H19F2N3O2/c18-13-4-5-16(15(19)7-13)22-10-12(9-21-22)17(24)20-8-11-2-1-3-14(23)6-11/h4-5,7,9-11,14,23H,1-3,6,8H2,(H,20,24). The minimum Gasteiger partial charge on any atom is -0.393 e. The summed E-state index contributed by atoms with van der Waals surface area (Å²) in [4.78, 5) is 12.2. The second-order valence-corrected chi connectivity index (χ2v) is 6.17. The molecule has 1 aliphatic rings. The fraction of sp³-hybridized carbons (Fsp3) is 0.412. The van der Waals surface area contributed by atoms with E-state index < -0.39 is 11.6 Å². The quantitative estimate of drug-likeness (QED) is 0.902. The molecule has 128 valence electrons. The van der Waals surface area contributed by atoms with Gasteiger partial charge in [0, 0.05) is 18.8 Å². The van der Waals surface area contributed by atoms with Gasteiger partial charge in [0.15, 0.2) is 5.82 Å². The summed E-state index contributed by atoms with van der Waals surface area (Å²) in [6.07, 6.45) is 5.92. The lowest BCUT2D eigenvalue weighted by Gasteiger charge is -2.25. The molecule has 0 aliphatic heterocycles. The number of halogens is 2. The topological polar surface area (TPSA) is 67.2 Å². The Morgan fingerprint density at radius 3 is 2.96 bits per heavy atom. The molecule has 1 aromatic carbocycles. The number of hydrogen-bond donors (Lipinski definition) is 2. The molecule has 2 atom stereocenters. The number of amides is 1. The second-order valence-electron chi connectivity index (χ2n) is 6.17. The molecule has 1 heterocycles. The van der Waals surface area contributed by atoms with Crippen molar-refractivity contribution in [3.8, 4) is 5.69 Å². The third-order valence-electron chi connectivity index (χ3n) is 4.31. The SMILES string of the molecule is O=C(NCC1CCCC(O)C1)c1cnn(-c2ccc(F)cc2F)c1. The summed E-state index contributed by atoms with van der Waals surface area (Å²) in [6.45, 7) is 0.492. The van der Waals surface area contributed by atoms with E-state index in [2.05, 4.69) is 10.4 Å². The van der Waals surface area contributed by atoms with Crippen LogP contribution in [0.1, 0.15) is 36.0 Å². The molecule has 1 amide bonds. The van der Waals surface area contributed by atoms with Gasteiger partial charge >= 0.3 is 0 Å². The maximum absolute atomic E-state index is 13.7. The number of nitrogens with one attached hydrogen (secondary N) is 1. The van der Waals surface area contributed by atoms with Gasteiger partial charge in [0.2, 0.25) is 0 Å². The Labute approximate surface area is 138 Å². The van der Waals surface area contributed by atoms with Crippen LogP contribution in [-0.2, 0) is 0 Å². The normalized spacial score (nSPS) is 20.8. The highest BCUT2D eigenvalue weighted by Gasteiger charge is 2.21. The predicted molar refractivity (Wildman–Crippen MR) is 83.8 cm³/mol. The van der Waals surface area contributed by atoms with Gasteiger partial charge in [-0.25, -0.2) is 13.5 Å². The van der Waals surface area contributed by atoms with Crippen LogP contribution in [-0.4, -0.2) is 33.4 Å². The van der Waals surface area contributed by atoms with E-state index in [-0.39, 0.29) is 23.6 Å². The van der Waals surface area contributed by atoms with E-state index in [1.807, 2.05) is 0 Å². The molecule has 24 heavy (non-hydrogen) atoms. The minimum atomic E-state index is -0.749. The Kier molecular flexibility index (Phi) is 4.89. The lowest BCUT2D eigenvalue weighted by molar-refractivity contribution is 0.0874. The van der Waals surface area contributed by atoms with Crippen LogP contribution in [0.2, 0.25) is 0 Å². The summed E-state index contributed by atoms with van der Waals surface area (Å²) >= 11 is 0. The number of carbonyl (C=O) groups is 1. The van der Waals surface area contributed by atoms with Crippen LogP contribution in [0.3, 0.4) is 0 Å². The van der Waals surface area contributed by atoms with Crippen LogP contribution in [0, 0.1) is 17.6 Å². The number of nitrogens with zero attached hydrogens (tertiary/aromatic N) is 2. The van der Waals surface area contributed by atoms with Crippen molar-refractivity contribution in [3.63, 3.8) is 0 Å². The van der Waals surface area contributed by atoms with Gasteiger partial charge in [0.05, 0.1) is 17.9 Å². The molecule has 0 saturated heterocycles. The second kappa shape index (κ2) is 7.09. The molecule has 2 aromatic rings. The summed E-state index contributed by atoms with van der Waals surface area (Å²) in [5.41, 5.74) is 0.376. The van der Waals surface area contributed by atoms with Gasteiger partial charge in [-0.2, -0.15) is 5.10 Å². The molecule has 5 nitrogen and oxygen atoms in total. The molecule has 1 aliphatic carbocycles.